The molecule has 0 unspecified atom stereocenters. The fraction of sp³-hybridized carbons (Fsp3) is 0.217. The van der Waals surface area contributed by atoms with Crippen LogP contribution in [-0.2, 0) is 14.8 Å². The average molecular weight is 453 g/mol. The molecule has 1 aliphatic rings. The van der Waals surface area contributed by atoms with E-state index in [0.717, 1.165) is 5.69 Å². The van der Waals surface area contributed by atoms with Crippen molar-refractivity contribution >= 4 is 27.5 Å². The molecule has 32 heavy (non-hydrogen) atoms. The zero-order valence-electron chi connectivity index (χ0n) is 17.3. The Morgan fingerprint density at radius 1 is 0.906 bits per heavy atom. The van der Waals surface area contributed by atoms with Crippen molar-refractivity contribution in [3.05, 3.63) is 78.6 Å². The van der Waals surface area contributed by atoms with Crippen molar-refractivity contribution in [3.63, 3.8) is 0 Å². The molecule has 9 heteroatoms. The molecule has 1 aliphatic heterocycles. The van der Waals surface area contributed by atoms with Gasteiger partial charge in [0.05, 0.1) is 4.90 Å². The van der Waals surface area contributed by atoms with Crippen molar-refractivity contribution in [2.24, 2.45) is 11.1 Å². The number of hydrogen-bond donors (Lipinski definition) is 2. The Kier molecular flexibility index (Phi) is 6.11. The summed E-state index contributed by atoms with van der Waals surface area (Å²) < 4.78 is 24.6. The van der Waals surface area contributed by atoms with E-state index in [-0.39, 0.29) is 22.6 Å². The molecule has 3 N–H and O–H groups in total. The third-order valence-corrected chi connectivity index (χ3v) is 6.55. The number of aromatic nitrogens is 1. The fourth-order valence-electron chi connectivity index (χ4n) is 3.78. The quantitative estimate of drug-likeness (QED) is 0.619. The third-order valence-electron chi connectivity index (χ3n) is 5.62. The lowest BCUT2D eigenvalue weighted by atomic mass is 9.95. The second kappa shape index (κ2) is 8.97. The van der Waals surface area contributed by atoms with Crippen LogP contribution in [0.25, 0.3) is 5.69 Å². The van der Waals surface area contributed by atoms with Crippen molar-refractivity contribution in [1.82, 2.24) is 9.47 Å². The number of nitrogens with two attached hydrogens (primary N) is 1. The number of carbonyl (C=O) groups is 2. The molecule has 2 aromatic carbocycles. The minimum Gasteiger partial charge on any atom is -0.339 e. The highest BCUT2D eigenvalue weighted by Crippen LogP contribution is 2.22. The van der Waals surface area contributed by atoms with E-state index in [9.17, 15) is 18.0 Å². The van der Waals surface area contributed by atoms with E-state index < -0.39 is 10.0 Å². The van der Waals surface area contributed by atoms with E-state index in [1.807, 2.05) is 53.4 Å². The van der Waals surface area contributed by atoms with E-state index in [4.69, 9.17) is 5.14 Å². The van der Waals surface area contributed by atoms with Crippen LogP contribution in [0.1, 0.15) is 23.2 Å². The number of amides is 2. The molecule has 0 spiro atoms. The number of carbonyl (C=O) groups excluding carboxylic acids is 2. The number of nitrogens with one attached hydrogen (secondary N) is 1. The highest BCUT2D eigenvalue weighted by molar-refractivity contribution is 7.89. The van der Waals surface area contributed by atoms with Crippen molar-refractivity contribution in [3.8, 4) is 5.69 Å². The van der Waals surface area contributed by atoms with Crippen LogP contribution >= 0.6 is 0 Å². The summed E-state index contributed by atoms with van der Waals surface area (Å²) in [5.74, 6) is -0.397. The normalized spacial score (nSPS) is 14.8. The second-order valence-electron chi connectivity index (χ2n) is 7.76. The van der Waals surface area contributed by atoms with Gasteiger partial charge in [0, 0.05) is 48.3 Å². The number of nitrogens with zero attached hydrogens (tertiary/aromatic N) is 2. The van der Waals surface area contributed by atoms with Crippen LogP contribution in [0.5, 0.6) is 0 Å². The van der Waals surface area contributed by atoms with Crippen LogP contribution in [0, 0.1) is 5.92 Å². The Morgan fingerprint density at radius 3 is 2.06 bits per heavy atom. The third kappa shape index (κ3) is 4.90. The fourth-order valence-corrected chi connectivity index (χ4v) is 4.30. The highest BCUT2D eigenvalue weighted by Gasteiger charge is 2.28. The Hall–Kier alpha value is -3.43. The molecule has 2 heterocycles. The monoisotopic (exact) mass is 452 g/mol. The summed E-state index contributed by atoms with van der Waals surface area (Å²) >= 11 is 0. The predicted molar refractivity (Wildman–Crippen MR) is 121 cm³/mol. The zero-order chi connectivity index (χ0) is 22.7. The summed E-state index contributed by atoms with van der Waals surface area (Å²) in [4.78, 5) is 27.2. The summed E-state index contributed by atoms with van der Waals surface area (Å²) in [6, 6.07) is 17.1. The maximum atomic E-state index is 12.8. The molecule has 4 rings (SSSR count). The maximum Gasteiger partial charge on any atom is 0.253 e. The molecule has 166 valence electrons. The Bertz CT molecular complexity index is 1200. The molecule has 1 fully saturated rings. The number of benzene rings is 2. The summed E-state index contributed by atoms with van der Waals surface area (Å²) in [7, 11) is -3.77. The van der Waals surface area contributed by atoms with Crippen LogP contribution in [-0.4, -0.2) is 42.8 Å². The molecule has 0 atom stereocenters. The number of sulfonamides is 1. The summed E-state index contributed by atoms with van der Waals surface area (Å²) in [6.45, 7) is 1.00. The van der Waals surface area contributed by atoms with Gasteiger partial charge in [-0.25, -0.2) is 13.6 Å². The number of rotatable bonds is 5. The molecule has 0 bridgehead atoms. The molecular weight excluding hydrogens is 428 g/mol. The van der Waals surface area contributed by atoms with Gasteiger partial charge in [0.1, 0.15) is 0 Å². The number of hydrogen-bond acceptors (Lipinski definition) is 4. The van der Waals surface area contributed by atoms with Gasteiger partial charge >= 0.3 is 0 Å². The second-order valence-corrected chi connectivity index (χ2v) is 9.32. The predicted octanol–water partition coefficient (Wildman–Crippen LogP) is 2.62. The Labute approximate surface area is 186 Å². The van der Waals surface area contributed by atoms with Crippen LogP contribution in [0.4, 0.5) is 5.69 Å². The van der Waals surface area contributed by atoms with Gasteiger partial charge in [-0.1, -0.05) is 0 Å². The van der Waals surface area contributed by atoms with Crippen LogP contribution in [0.2, 0.25) is 0 Å². The van der Waals surface area contributed by atoms with Gasteiger partial charge in [0.25, 0.3) is 5.91 Å². The summed E-state index contributed by atoms with van der Waals surface area (Å²) in [5.41, 5.74) is 2.11. The Balaban J connectivity index is 1.31. The standard InChI is InChI=1S/C23H24N4O4S/c24-32(30,31)21-9-5-19(6-10-21)25-22(28)17-11-15-27(16-12-17)23(29)18-3-7-20(8-4-18)26-13-1-2-14-26/h1-10,13-14,17H,11-12,15-16H2,(H,25,28)(H2,24,30,31). The first-order valence-electron chi connectivity index (χ1n) is 10.3. The number of piperidine rings is 1. The van der Waals surface area contributed by atoms with Crippen molar-refractivity contribution in [1.29, 1.82) is 0 Å². The summed E-state index contributed by atoms with van der Waals surface area (Å²) in [5, 5.41) is 7.89. The zero-order valence-corrected chi connectivity index (χ0v) is 18.2. The first-order chi connectivity index (χ1) is 15.3. The van der Waals surface area contributed by atoms with E-state index in [1.54, 1.807) is 4.90 Å². The van der Waals surface area contributed by atoms with Crippen molar-refractivity contribution < 1.29 is 18.0 Å². The minimum absolute atomic E-state index is 0.0105. The molecule has 1 saturated heterocycles. The molecule has 3 aromatic rings. The van der Waals surface area contributed by atoms with E-state index >= 15 is 0 Å². The lowest BCUT2D eigenvalue weighted by Crippen LogP contribution is -2.41. The first-order valence-corrected chi connectivity index (χ1v) is 11.8. The largest absolute Gasteiger partial charge is 0.339 e. The van der Waals surface area contributed by atoms with Crippen LogP contribution in [0.15, 0.2) is 78.0 Å². The average Bonchev–Trinajstić information content (AvgIpc) is 3.34. The number of likely N-dealkylation sites (tertiary alicyclic amines) is 1. The van der Waals surface area contributed by atoms with Gasteiger partial charge in [0.2, 0.25) is 15.9 Å². The SMILES string of the molecule is NS(=O)(=O)c1ccc(NC(=O)C2CCN(C(=O)c3ccc(-n4cccc4)cc3)CC2)cc1. The van der Waals surface area contributed by atoms with Crippen LogP contribution < -0.4 is 10.5 Å². The first kappa shape index (κ1) is 21.8. The number of anilines is 1. The topological polar surface area (TPSA) is 114 Å². The van der Waals surface area contributed by atoms with E-state index in [2.05, 4.69) is 5.32 Å². The molecule has 1 aromatic heterocycles. The van der Waals surface area contributed by atoms with Crippen molar-refractivity contribution in [2.45, 2.75) is 17.7 Å². The van der Waals surface area contributed by atoms with Gasteiger partial charge in [-0.15, -0.1) is 0 Å². The highest BCUT2D eigenvalue weighted by atomic mass is 32.2. The lowest BCUT2D eigenvalue weighted by molar-refractivity contribution is -0.121. The van der Waals surface area contributed by atoms with Gasteiger partial charge in [0.15, 0.2) is 0 Å². The van der Waals surface area contributed by atoms with Gasteiger partial charge < -0.3 is 14.8 Å². The van der Waals surface area contributed by atoms with Crippen LogP contribution in [0.3, 0.4) is 0 Å². The van der Waals surface area contributed by atoms with Gasteiger partial charge in [-0.2, -0.15) is 0 Å². The van der Waals surface area contributed by atoms with E-state index in [1.165, 1.54) is 24.3 Å². The Morgan fingerprint density at radius 2 is 1.50 bits per heavy atom. The smallest absolute Gasteiger partial charge is 0.253 e. The van der Waals surface area contributed by atoms with E-state index in [0.29, 0.717) is 37.2 Å². The maximum absolute atomic E-state index is 12.8. The molecule has 0 aliphatic carbocycles. The molecular formula is C23H24N4O4S. The summed E-state index contributed by atoms with van der Waals surface area (Å²) in [6.07, 6.45) is 5.02. The number of primary sulfonamides is 1. The molecule has 0 saturated carbocycles. The molecule has 2 amide bonds. The lowest BCUT2D eigenvalue weighted by Gasteiger charge is -2.31. The molecule has 0 radical (unpaired) electrons. The molecule has 8 nitrogen and oxygen atoms in total. The minimum atomic E-state index is -3.77. The van der Waals surface area contributed by atoms with Gasteiger partial charge in [-0.3, -0.25) is 9.59 Å². The van der Waals surface area contributed by atoms with Crippen molar-refractivity contribution in [2.75, 3.05) is 18.4 Å². The van der Waals surface area contributed by atoms with Gasteiger partial charge in [-0.05, 0) is 73.5 Å².